The van der Waals surface area contributed by atoms with E-state index in [9.17, 15) is 4.79 Å². The second-order valence-corrected chi connectivity index (χ2v) is 9.49. The molecule has 1 aliphatic heterocycles. The largest absolute Gasteiger partial charge is 0.421 e. The molecule has 0 saturated carbocycles. The Kier molecular flexibility index (Phi) is 5.75. The van der Waals surface area contributed by atoms with Gasteiger partial charge in [0.15, 0.2) is 0 Å². The summed E-state index contributed by atoms with van der Waals surface area (Å²) < 4.78 is 7.38. The molecule has 0 bridgehead atoms. The van der Waals surface area contributed by atoms with Crippen molar-refractivity contribution in [3.8, 4) is 17.5 Å². The SMILES string of the molecule is CCc1nnc(-c2cc3c(N[C@@H]4CCN(c5ncc(C#N)cn5)CC4(C)C)c(C(N)=O)cnn3c2)o1. The lowest BCUT2D eigenvalue weighted by molar-refractivity contribution is 0.100. The summed E-state index contributed by atoms with van der Waals surface area (Å²) in [6.07, 6.45) is 7.72. The third-order valence-corrected chi connectivity index (χ3v) is 6.52. The van der Waals surface area contributed by atoms with Gasteiger partial charge < -0.3 is 20.4 Å². The zero-order valence-corrected chi connectivity index (χ0v) is 20.3. The van der Waals surface area contributed by atoms with Gasteiger partial charge >= 0.3 is 0 Å². The quantitative estimate of drug-likeness (QED) is 0.413. The third kappa shape index (κ3) is 4.19. The molecule has 4 aromatic heterocycles. The number of hydrogen-bond donors (Lipinski definition) is 2. The molecule has 1 amide bonds. The van der Waals surface area contributed by atoms with E-state index in [4.69, 9.17) is 15.4 Å². The van der Waals surface area contributed by atoms with Crippen molar-refractivity contribution < 1.29 is 9.21 Å². The molecule has 0 aromatic carbocycles. The lowest BCUT2D eigenvalue weighted by atomic mass is 9.79. The van der Waals surface area contributed by atoms with Crippen LogP contribution in [0.2, 0.25) is 0 Å². The summed E-state index contributed by atoms with van der Waals surface area (Å²) in [5.41, 5.74) is 8.23. The Labute approximate surface area is 207 Å². The zero-order chi connectivity index (χ0) is 25.4. The number of primary amides is 1. The van der Waals surface area contributed by atoms with Crippen LogP contribution in [0.25, 0.3) is 17.0 Å². The van der Waals surface area contributed by atoms with Crippen LogP contribution in [-0.2, 0) is 6.42 Å². The number of nitrogens with zero attached hydrogens (tertiary/aromatic N) is 8. The van der Waals surface area contributed by atoms with Crippen molar-refractivity contribution in [2.24, 2.45) is 11.1 Å². The van der Waals surface area contributed by atoms with E-state index in [1.807, 2.05) is 19.1 Å². The molecule has 36 heavy (non-hydrogen) atoms. The Morgan fingerprint density at radius 3 is 2.72 bits per heavy atom. The zero-order valence-electron chi connectivity index (χ0n) is 20.3. The number of hydrogen-bond acceptors (Lipinski definition) is 10. The lowest BCUT2D eigenvalue weighted by Gasteiger charge is -2.45. The van der Waals surface area contributed by atoms with Crippen molar-refractivity contribution in [2.75, 3.05) is 23.3 Å². The Morgan fingerprint density at radius 2 is 2.08 bits per heavy atom. The number of nitriles is 1. The van der Waals surface area contributed by atoms with E-state index < -0.39 is 5.91 Å². The predicted molar refractivity (Wildman–Crippen MR) is 131 cm³/mol. The average molecular weight is 487 g/mol. The number of aryl methyl sites for hydroxylation is 1. The maximum atomic E-state index is 12.3. The predicted octanol–water partition coefficient (Wildman–Crippen LogP) is 2.42. The second-order valence-electron chi connectivity index (χ2n) is 9.49. The van der Waals surface area contributed by atoms with Gasteiger partial charge in [-0.05, 0) is 12.5 Å². The topological polar surface area (TPSA) is 164 Å². The second kappa shape index (κ2) is 8.92. The van der Waals surface area contributed by atoms with E-state index in [-0.39, 0.29) is 11.5 Å². The summed E-state index contributed by atoms with van der Waals surface area (Å²) in [5, 5.41) is 25.1. The first-order valence-corrected chi connectivity index (χ1v) is 11.7. The van der Waals surface area contributed by atoms with Gasteiger partial charge in [-0.3, -0.25) is 4.79 Å². The van der Waals surface area contributed by atoms with E-state index in [1.165, 1.54) is 18.6 Å². The smallest absolute Gasteiger partial charge is 0.252 e. The molecule has 0 aliphatic carbocycles. The van der Waals surface area contributed by atoms with Gasteiger partial charge in [0, 0.05) is 37.2 Å². The first-order valence-electron chi connectivity index (χ1n) is 11.7. The van der Waals surface area contributed by atoms with Crippen molar-refractivity contribution in [3.63, 3.8) is 0 Å². The van der Waals surface area contributed by atoms with E-state index in [0.29, 0.717) is 65.1 Å². The van der Waals surface area contributed by atoms with Gasteiger partial charge in [0.25, 0.3) is 5.91 Å². The first kappa shape index (κ1) is 23.2. The van der Waals surface area contributed by atoms with Crippen LogP contribution < -0.4 is 16.0 Å². The Morgan fingerprint density at radius 1 is 1.31 bits per heavy atom. The summed E-state index contributed by atoms with van der Waals surface area (Å²) in [7, 11) is 0. The van der Waals surface area contributed by atoms with Gasteiger partial charge in [0.1, 0.15) is 6.07 Å². The number of anilines is 2. The van der Waals surface area contributed by atoms with Crippen LogP contribution in [0.4, 0.5) is 11.6 Å². The van der Waals surface area contributed by atoms with Gasteiger partial charge in [-0.2, -0.15) is 10.4 Å². The summed E-state index contributed by atoms with van der Waals surface area (Å²) in [4.78, 5) is 23.1. The highest BCUT2D eigenvalue weighted by Crippen LogP contribution is 2.36. The van der Waals surface area contributed by atoms with E-state index in [0.717, 1.165) is 6.42 Å². The summed E-state index contributed by atoms with van der Waals surface area (Å²) in [6.45, 7) is 7.62. The molecule has 5 heterocycles. The molecule has 184 valence electrons. The Hall–Kier alpha value is -4.53. The molecule has 0 spiro atoms. The lowest BCUT2D eigenvalue weighted by Crippen LogP contribution is -2.52. The fourth-order valence-electron chi connectivity index (χ4n) is 4.54. The standard InChI is InChI=1S/C24H26N10O2/c1-4-19-31-32-22(36-19)15-7-17-20(16(21(26)35)11-29-34(17)12-15)30-18-5-6-33(13-24(18,2)3)23-27-9-14(8-25)10-28-23/h7,9-12,18,30H,4-6,13H2,1-3H3,(H2,26,35)/t18-/m1/s1. The highest BCUT2D eigenvalue weighted by molar-refractivity contribution is 6.02. The number of fused-ring (bicyclic) bond motifs is 1. The number of carbonyl (C=O) groups is 1. The first-order chi connectivity index (χ1) is 17.3. The maximum absolute atomic E-state index is 12.3. The van der Waals surface area contributed by atoms with Crippen molar-refractivity contribution in [1.29, 1.82) is 5.26 Å². The van der Waals surface area contributed by atoms with Crippen LogP contribution in [0.5, 0.6) is 0 Å². The molecular formula is C24H26N10O2. The number of nitrogens with two attached hydrogens (primary N) is 1. The van der Waals surface area contributed by atoms with Gasteiger partial charge in [-0.1, -0.05) is 20.8 Å². The highest BCUT2D eigenvalue weighted by atomic mass is 16.4. The summed E-state index contributed by atoms with van der Waals surface area (Å²) >= 11 is 0. The molecule has 0 radical (unpaired) electrons. The number of piperidine rings is 1. The van der Waals surface area contributed by atoms with Crippen molar-refractivity contribution >= 4 is 23.1 Å². The molecule has 5 rings (SSSR count). The van der Waals surface area contributed by atoms with E-state index >= 15 is 0 Å². The summed E-state index contributed by atoms with van der Waals surface area (Å²) in [6, 6.07) is 3.92. The van der Waals surface area contributed by atoms with Crippen LogP contribution in [-0.4, -0.2) is 54.8 Å². The monoisotopic (exact) mass is 486 g/mol. The van der Waals surface area contributed by atoms with Gasteiger partial charge in [0.2, 0.25) is 17.7 Å². The van der Waals surface area contributed by atoms with Crippen LogP contribution in [0.1, 0.15) is 49.0 Å². The van der Waals surface area contributed by atoms with Crippen LogP contribution in [0.15, 0.2) is 35.3 Å². The normalized spacial score (nSPS) is 17.2. The van der Waals surface area contributed by atoms with Crippen LogP contribution in [0.3, 0.4) is 0 Å². The number of amides is 1. The van der Waals surface area contributed by atoms with Crippen molar-refractivity contribution in [3.05, 3.63) is 47.9 Å². The van der Waals surface area contributed by atoms with Crippen LogP contribution in [0, 0.1) is 16.7 Å². The van der Waals surface area contributed by atoms with Crippen molar-refractivity contribution in [1.82, 2.24) is 29.8 Å². The fraction of sp³-hybridized carbons (Fsp3) is 0.375. The molecule has 1 aliphatic rings. The minimum absolute atomic E-state index is 0.0184. The fourth-order valence-corrected chi connectivity index (χ4v) is 4.54. The number of nitrogens with one attached hydrogen (secondary N) is 1. The van der Waals surface area contributed by atoms with Gasteiger partial charge in [0.05, 0.1) is 46.5 Å². The molecule has 12 nitrogen and oxygen atoms in total. The highest BCUT2D eigenvalue weighted by Gasteiger charge is 2.37. The molecular weight excluding hydrogens is 460 g/mol. The number of rotatable bonds is 6. The third-order valence-electron chi connectivity index (χ3n) is 6.52. The molecule has 0 unspecified atom stereocenters. The molecule has 1 saturated heterocycles. The van der Waals surface area contributed by atoms with Gasteiger partial charge in [-0.15, -0.1) is 10.2 Å². The Bertz CT molecular complexity index is 1460. The Balaban J connectivity index is 1.45. The average Bonchev–Trinajstić information content (AvgIpc) is 3.52. The maximum Gasteiger partial charge on any atom is 0.252 e. The molecule has 3 N–H and O–H groups in total. The van der Waals surface area contributed by atoms with E-state index in [2.05, 4.69) is 49.3 Å². The molecule has 1 fully saturated rings. The van der Waals surface area contributed by atoms with Crippen molar-refractivity contribution in [2.45, 2.75) is 39.7 Å². The van der Waals surface area contributed by atoms with E-state index in [1.54, 1.807) is 10.7 Å². The minimum atomic E-state index is -0.567. The molecule has 1 atom stereocenters. The molecule has 4 aromatic rings. The number of carbonyl (C=O) groups excluding carboxylic acids is 1. The summed E-state index contributed by atoms with van der Waals surface area (Å²) in [5.74, 6) is 0.957. The number of aromatic nitrogens is 6. The van der Waals surface area contributed by atoms with Crippen LogP contribution >= 0.6 is 0 Å². The minimum Gasteiger partial charge on any atom is -0.421 e. The van der Waals surface area contributed by atoms with Gasteiger partial charge in [-0.25, -0.2) is 14.5 Å². The molecule has 12 heteroatoms.